The van der Waals surface area contributed by atoms with Gasteiger partial charge in [0.05, 0.1) is 0 Å². The van der Waals surface area contributed by atoms with Crippen LogP contribution in [0.4, 0.5) is 5.82 Å². The molecule has 76 valence electrons. The minimum absolute atomic E-state index is 0.463. The van der Waals surface area contributed by atoms with Gasteiger partial charge in [-0.2, -0.15) is 11.8 Å². The summed E-state index contributed by atoms with van der Waals surface area (Å²) in [7, 11) is 0. The van der Waals surface area contributed by atoms with E-state index in [1.165, 1.54) is 19.3 Å². The number of hydrogen-bond acceptors (Lipinski definition) is 4. The van der Waals surface area contributed by atoms with Crippen LogP contribution < -0.4 is 5.32 Å². The van der Waals surface area contributed by atoms with Crippen LogP contribution in [-0.4, -0.2) is 27.5 Å². The fourth-order valence-electron chi connectivity index (χ4n) is 1.67. The number of aromatic nitrogens is 2. The molecule has 2 rings (SSSR count). The lowest BCUT2D eigenvalue weighted by molar-refractivity contribution is 0.379. The summed E-state index contributed by atoms with van der Waals surface area (Å²) >= 11 is 1.97. The Morgan fingerprint density at radius 2 is 2.43 bits per heavy atom. The van der Waals surface area contributed by atoms with Gasteiger partial charge < -0.3 is 5.32 Å². The number of anilines is 1. The zero-order valence-electron chi connectivity index (χ0n) is 8.36. The van der Waals surface area contributed by atoms with E-state index in [1.54, 1.807) is 12.5 Å². The van der Waals surface area contributed by atoms with Crippen molar-refractivity contribution < 1.29 is 0 Å². The molecule has 1 saturated carbocycles. The van der Waals surface area contributed by atoms with E-state index in [1.807, 2.05) is 17.8 Å². The highest BCUT2D eigenvalue weighted by Crippen LogP contribution is 2.42. The molecule has 0 unspecified atom stereocenters. The van der Waals surface area contributed by atoms with E-state index in [-0.39, 0.29) is 0 Å². The van der Waals surface area contributed by atoms with Crippen molar-refractivity contribution in [3.63, 3.8) is 0 Å². The quantitative estimate of drug-likeness (QED) is 0.824. The van der Waals surface area contributed by atoms with E-state index < -0.39 is 0 Å². The lowest BCUT2D eigenvalue weighted by atomic mass is 9.84. The van der Waals surface area contributed by atoms with Crippen molar-refractivity contribution in [2.24, 2.45) is 0 Å². The molecule has 1 heterocycles. The van der Waals surface area contributed by atoms with Crippen molar-refractivity contribution in [2.75, 3.05) is 18.1 Å². The van der Waals surface area contributed by atoms with E-state index in [2.05, 4.69) is 21.5 Å². The molecule has 0 spiro atoms. The van der Waals surface area contributed by atoms with Crippen molar-refractivity contribution in [1.82, 2.24) is 9.97 Å². The van der Waals surface area contributed by atoms with Gasteiger partial charge in [-0.25, -0.2) is 9.97 Å². The van der Waals surface area contributed by atoms with E-state index in [9.17, 15) is 0 Å². The minimum atomic E-state index is 0.463. The Kier molecular flexibility index (Phi) is 2.91. The van der Waals surface area contributed by atoms with Crippen LogP contribution in [0.2, 0.25) is 0 Å². The average Bonchev–Trinajstić information content (AvgIpc) is 2.19. The molecule has 1 aromatic rings. The topological polar surface area (TPSA) is 37.8 Å². The maximum atomic E-state index is 4.14. The molecule has 1 fully saturated rings. The third-order valence-electron chi connectivity index (χ3n) is 2.87. The molecule has 3 nitrogen and oxygen atoms in total. The molecular weight excluding hydrogens is 194 g/mol. The van der Waals surface area contributed by atoms with Crippen LogP contribution in [0, 0.1) is 0 Å². The number of hydrogen-bond donors (Lipinski definition) is 1. The van der Waals surface area contributed by atoms with E-state index in [0.717, 1.165) is 12.4 Å². The fraction of sp³-hybridized carbons (Fsp3) is 0.600. The van der Waals surface area contributed by atoms with Gasteiger partial charge in [0.15, 0.2) is 0 Å². The lowest BCUT2D eigenvalue weighted by Gasteiger charge is -2.40. The Labute approximate surface area is 88.7 Å². The molecule has 0 amide bonds. The molecule has 0 aliphatic heterocycles. The van der Waals surface area contributed by atoms with Crippen LogP contribution in [0.3, 0.4) is 0 Å². The van der Waals surface area contributed by atoms with Crippen molar-refractivity contribution >= 4 is 17.6 Å². The van der Waals surface area contributed by atoms with Crippen LogP contribution in [0.15, 0.2) is 18.6 Å². The summed E-state index contributed by atoms with van der Waals surface area (Å²) in [5, 5.41) is 3.37. The zero-order chi connectivity index (χ0) is 9.86. The third kappa shape index (κ3) is 2.00. The molecule has 1 aliphatic carbocycles. The molecule has 14 heavy (non-hydrogen) atoms. The fourth-order valence-corrected chi connectivity index (χ4v) is 2.58. The lowest BCUT2D eigenvalue weighted by Crippen LogP contribution is -2.40. The van der Waals surface area contributed by atoms with Gasteiger partial charge in [0, 0.05) is 17.5 Å². The first-order chi connectivity index (χ1) is 6.85. The second-order valence-electron chi connectivity index (χ2n) is 3.69. The molecule has 1 aliphatic rings. The molecule has 0 bridgehead atoms. The SMILES string of the molecule is CSC1(CNc2ccncn2)CCC1. The summed E-state index contributed by atoms with van der Waals surface area (Å²) < 4.78 is 0.463. The van der Waals surface area contributed by atoms with E-state index >= 15 is 0 Å². The van der Waals surface area contributed by atoms with Crippen molar-refractivity contribution in [1.29, 1.82) is 0 Å². The van der Waals surface area contributed by atoms with E-state index in [0.29, 0.717) is 4.75 Å². The van der Waals surface area contributed by atoms with E-state index in [4.69, 9.17) is 0 Å². The van der Waals surface area contributed by atoms with Crippen LogP contribution >= 0.6 is 11.8 Å². The van der Waals surface area contributed by atoms with Gasteiger partial charge in [-0.05, 0) is 25.2 Å². The second-order valence-corrected chi connectivity index (χ2v) is 4.96. The summed E-state index contributed by atoms with van der Waals surface area (Å²) in [6.45, 7) is 1.02. The van der Waals surface area contributed by atoms with Crippen molar-refractivity contribution in [2.45, 2.75) is 24.0 Å². The van der Waals surface area contributed by atoms with Crippen LogP contribution in [0.25, 0.3) is 0 Å². The average molecular weight is 209 g/mol. The summed E-state index contributed by atoms with van der Waals surface area (Å²) in [6, 6.07) is 1.91. The van der Waals surface area contributed by atoms with Gasteiger partial charge in [0.1, 0.15) is 12.1 Å². The molecule has 0 saturated heterocycles. The monoisotopic (exact) mass is 209 g/mol. The molecule has 4 heteroatoms. The van der Waals surface area contributed by atoms with Gasteiger partial charge >= 0.3 is 0 Å². The smallest absolute Gasteiger partial charge is 0.129 e. The Morgan fingerprint density at radius 1 is 1.57 bits per heavy atom. The number of nitrogens with zero attached hydrogens (tertiary/aromatic N) is 2. The van der Waals surface area contributed by atoms with Gasteiger partial charge in [-0.3, -0.25) is 0 Å². The van der Waals surface area contributed by atoms with Gasteiger partial charge in [0.25, 0.3) is 0 Å². The first-order valence-corrected chi connectivity index (χ1v) is 6.12. The van der Waals surface area contributed by atoms with Crippen molar-refractivity contribution in [3.05, 3.63) is 18.6 Å². The summed E-state index contributed by atoms with van der Waals surface area (Å²) in [5.74, 6) is 0.931. The Balaban J connectivity index is 1.88. The molecule has 0 aromatic carbocycles. The predicted molar refractivity (Wildman–Crippen MR) is 60.6 cm³/mol. The standard InChI is InChI=1S/C10H15N3S/c1-14-10(4-2-5-10)7-12-9-3-6-11-8-13-9/h3,6,8H,2,4-5,7H2,1H3,(H,11,12,13). The van der Waals surface area contributed by atoms with Crippen LogP contribution in [0.5, 0.6) is 0 Å². The normalized spacial score (nSPS) is 18.6. The maximum Gasteiger partial charge on any atom is 0.129 e. The Hall–Kier alpha value is -0.770. The highest BCUT2D eigenvalue weighted by Gasteiger charge is 2.35. The minimum Gasteiger partial charge on any atom is -0.369 e. The van der Waals surface area contributed by atoms with Gasteiger partial charge in [0.2, 0.25) is 0 Å². The third-order valence-corrected chi connectivity index (χ3v) is 4.29. The first kappa shape index (κ1) is 9.77. The maximum absolute atomic E-state index is 4.14. The molecule has 1 N–H and O–H groups in total. The summed E-state index contributed by atoms with van der Waals surface area (Å²) in [5.41, 5.74) is 0. The molecule has 0 atom stereocenters. The molecular formula is C10H15N3S. The predicted octanol–water partition coefficient (Wildman–Crippen LogP) is 2.17. The van der Waals surface area contributed by atoms with Crippen molar-refractivity contribution in [3.8, 4) is 0 Å². The highest BCUT2D eigenvalue weighted by atomic mass is 32.2. The summed E-state index contributed by atoms with van der Waals surface area (Å²) in [4.78, 5) is 8.03. The zero-order valence-corrected chi connectivity index (χ0v) is 9.18. The number of nitrogens with one attached hydrogen (secondary N) is 1. The van der Waals surface area contributed by atoms with Gasteiger partial charge in [-0.15, -0.1) is 0 Å². The number of rotatable bonds is 4. The largest absolute Gasteiger partial charge is 0.369 e. The van der Waals surface area contributed by atoms with Crippen LogP contribution in [0.1, 0.15) is 19.3 Å². The van der Waals surface area contributed by atoms with Gasteiger partial charge in [-0.1, -0.05) is 6.42 Å². The van der Waals surface area contributed by atoms with Crippen LogP contribution in [-0.2, 0) is 0 Å². The second kappa shape index (κ2) is 4.17. The molecule has 1 aromatic heterocycles. The Bertz CT molecular complexity index is 279. The summed E-state index contributed by atoms with van der Waals surface area (Å²) in [6.07, 6.45) is 9.56. The first-order valence-electron chi connectivity index (χ1n) is 4.90. The Morgan fingerprint density at radius 3 is 2.93 bits per heavy atom. The highest BCUT2D eigenvalue weighted by molar-refractivity contribution is 8.00. The molecule has 0 radical (unpaired) electrons. The number of thioether (sulfide) groups is 1.